The largest absolute Gasteiger partial charge is 0.478 e. The van der Waals surface area contributed by atoms with Crippen molar-refractivity contribution in [2.45, 2.75) is 6.92 Å². The first kappa shape index (κ1) is 9.55. The molecule has 0 aromatic heterocycles. The quantitative estimate of drug-likeness (QED) is 0.830. The average Bonchev–Trinajstić information content (AvgIpc) is 1.82. The van der Waals surface area contributed by atoms with Crippen LogP contribution in [-0.2, 0) is 0 Å². The van der Waals surface area contributed by atoms with E-state index in [0.717, 1.165) is 0 Å². The van der Waals surface area contributed by atoms with Gasteiger partial charge in [0, 0.05) is 9.50 Å². The van der Waals surface area contributed by atoms with Gasteiger partial charge < -0.3 is 5.11 Å². The van der Waals surface area contributed by atoms with Crippen molar-refractivity contribution in [3.05, 3.63) is 32.8 Å². The summed E-state index contributed by atoms with van der Waals surface area (Å²) in [5.74, 6) is -0.948. The van der Waals surface area contributed by atoms with Gasteiger partial charge in [0.1, 0.15) is 0 Å². The molecule has 0 bridgehead atoms. The Morgan fingerprint density at radius 1 is 1.58 bits per heavy atom. The lowest BCUT2D eigenvalue weighted by molar-refractivity contribution is 0.0695. The zero-order valence-corrected chi connectivity index (χ0v) is 8.61. The van der Waals surface area contributed by atoms with Crippen molar-refractivity contribution in [1.29, 1.82) is 0 Å². The first-order valence-electron chi connectivity index (χ1n) is 3.21. The molecule has 0 aliphatic rings. The van der Waals surface area contributed by atoms with Gasteiger partial charge >= 0.3 is 5.97 Å². The van der Waals surface area contributed by atoms with Crippen molar-refractivity contribution >= 4 is 33.5 Å². The van der Waals surface area contributed by atoms with E-state index in [1.807, 2.05) is 0 Å². The molecular formula is C8H6BrClO2. The van der Waals surface area contributed by atoms with Gasteiger partial charge in [0.25, 0.3) is 0 Å². The Labute approximate surface area is 83.3 Å². The molecule has 0 amide bonds. The molecule has 0 unspecified atom stereocenters. The highest BCUT2D eigenvalue weighted by Gasteiger charge is 2.11. The van der Waals surface area contributed by atoms with Crippen molar-refractivity contribution in [3.8, 4) is 0 Å². The van der Waals surface area contributed by atoms with Gasteiger partial charge in [-0.3, -0.25) is 0 Å². The summed E-state index contributed by atoms with van der Waals surface area (Å²) in [4.78, 5) is 10.7. The number of carboxylic acid groups (broad SMARTS) is 1. The SMILES string of the molecule is Cc1cc(Cl)cc(Br)c1C(=O)O. The Bertz CT molecular complexity index is 313. The second-order valence-corrected chi connectivity index (χ2v) is 3.68. The minimum atomic E-state index is -0.948. The van der Waals surface area contributed by atoms with E-state index in [1.54, 1.807) is 19.1 Å². The summed E-state index contributed by atoms with van der Waals surface area (Å²) in [6.45, 7) is 1.71. The van der Waals surface area contributed by atoms with Crippen LogP contribution in [0.15, 0.2) is 16.6 Å². The first-order valence-corrected chi connectivity index (χ1v) is 4.38. The molecule has 0 saturated heterocycles. The van der Waals surface area contributed by atoms with Crippen LogP contribution in [0.25, 0.3) is 0 Å². The molecule has 0 atom stereocenters. The Morgan fingerprint density at radius 3 is 2.58 bits per heavy atom. The van der Waals surface area contributed by atoms with Gasteiger partial charge in [-0.15, -0.1) is 0 Å². The maximum atomic E-state index is 10.7. The smallest absolute Gasteiger partial charge is 0.337 e. The summed E-state index contributed by atoms with van der Waals surface area (Å²) in [6, 6.07) is 3.19. The Hall–Kier alpha value is -0.540. The second-order valence-electron chi connectivity index (χ2n) is 2.38. The molecule has 1 aromatic rings. The third kappa shape index (κ3) is 1.79. The molecular weight excluding hydrogens is 243 g/mol. The van der Waals surface area contributed by atoms with Crippen LogP contribution in [0, 0.1) is 6.92 Å². The highest BCUT2D eigenvalue weighted by molar-refractivity contribution is 9.10. The maximum Gasteiger partial charge on any atom is 0.337 e. The summed E-state index contributed by atoms with van der Waals surface area (Å²) in [5.41, 5.74) is 0.918. The van der Waals surface area contributed by atoms with Crippen molar-refractivity contribution in [1.82, 2.24) is 0 Å². The predicted octanol–water partition coefficient (Wildman–Crippen LogP) is 3.11. The summed E-state index contributed by atoms with van der Waals surface area (Å²) >= 11 is 8.84. The number of carbonyl (C=O) groups is 1. The van der Waals surface area contributed by atoms with Gasteiger partial charge in [-0.05, 0) is 40.5 Å². The number of hydrogen-bond acceptors (Lipinski definition) is 1. The number of aromatic carboxylic acids is 1. The van der Waals surface area contributed by atoms with Crippen molar-refractivity contribution in [3.63, 3.8) is 0 Å². The molecule has 0 saturated carbocycles. The molecule has 0 aliphatic heterocycles. The van der Waals surface area contributed by atoms with Crippen LogP contribution in [0.1, 0.15) is 15.9 Å². The maximum absolute atomic E-state index is 10.7. The molecule has 2 nitrogen and oxygen atoms in total. The molecule has 4 heteroatoms. The van der Waals surface area contributed by atoms with Gasteiger partial charge in [-0.2, -0.15) is 0 Å². The standard InChI is InChI=1S/C8H6BrClO2/c1-4-2-5(10)3-6(9)7(4)8(11)12/h2-3H,1H3,(H,11,12). The highest BCUT2D eigenvalue weighted by atomic mass is 79.9. The summed E-state index contributed by atoms with van der Waals surface area (Å²) in [7, 11) is 0. The normalized spacial score (nSPS) is 9.92. The van der Waals surface area contributed by atoms with Crippen LogP contribution in [0.3, 0.4) is 0 Å². The molecule has 0 fully saturated rings. The van der Waals surface area contributed by atoms with Crippen LogP contribution < -0.4 is 0 Å². The zero-order chi connectivity index (χ0) is 9.30. The van der Waals surface area contributed by atoms with Crippen LogP contribution in [0.2, 0.25) is 5.02 Å². The fourth-order valence-corrected chi connectivity index (χ4v) is 2.11. The van der Waals surface area contributed by atoms with E-state index >= 15 is 0 Å². The molecule has 0 heterocycles. The number of rotatable bonds is 1. The Kier molecular flexibility index (Phi) is 2.75. The molecule has 0 radical (unpaired) electrons. The van der Waals surface area contributed by atoms with Crippen LogP contribution >= 0.6 is 27.5 Å². The molecule has 1 rings (SSSR count). The molecule has 1 aromatic carbocycles. The summed E-state index contributed by atoms with van der Waals surface area (Å²) in [6.07, 6.45) is 0. The van der Waals surface area contributed by atoms with Gasteiger partial charge in [0.2, 0.25) is 0 Å². The minimum Gasteiger partial charge on any atom is -0.478 e. The zero-order valence-electron chi connectivity index (χ0n) is 6.27. The van der Waals surface area contributed by atoms with Gasteiger partial charge in [-0.25, -0.2) is 4.79 Å². The molecule has 0 aliphatic carbocycles. The monoisotopic (exact) mass is 248 g/mol. The minimum absolute atomic E-state index is 0.263. The summed E-state index contributed by atoms with van der Waals surface area (Å²) < 4.78 is 0.514. The van der Waals surface area contributed by atoms with E-state index in [2.05, 4.69) is 15.9 Å². The van der Waals surface area contributed by atoms with Crippen LogP contribution in [-0.4, -0.2) is 11.1 Å². The number of aryl methyl sites for hydroxylation is 1. The number of carboxylic acids is 1. The van der Waals surface area contributed by atoms with Gasteiger partial charge in [0.15, 0.2) is 0 Å². The molecule has 1 N–H and O–H groups in total. The predicted molar refractivity (Wildman–Crippen MR) is 50.8 cm³/mol. The third-order valence-electron chi connectivity index (χ3n) is 1.47. The number of hydrogen-bond donors (Lipinski definition) is 1. The van der Waals surface area contributed by atoms with Crippen molar-refractivity contribution < 1.29 is 9.90 Å². The van der Waals surface area contributed by atoms with Crippen LogP contribution in [0.4, 0.5) is 0 Å². The van der Waals surface area contributed by atoms with Gasteiger partial charge in [0.05, 0.1) is 5.56 Å². The fraction of sp³-hybridized carbons (Fsp3) is 0.125. The van der Waals surface area contributed by atoms with E-state index in [4.69, 9.17) is 16.7 Å². The molecule has 12 heavy (non-hydrogen) atoms. The van der Waals surface area contributed by atoms with Gasteiger partial charge in [-0.1, -0.05) is 11.6 Å². The molecule has 64 valence electrons. The van der Waals surface area contributed by atoms with E-state index in [9.17, 15) is 4.79 Å². The average molecular weight is 249 g/mol. The number of halogens is 2. The highest BCUT2D eigenvalue weighted by Crippen LogP contribution is 2.25. The van der Waals surface area contributed by atoms with Crippen molar-refractivity contribution in [2.24, 2.45) is 0 Å². The fourth-order valence-electron chi connectivity index (χ4n) is 0.973. The molecule has 0 spiro atoms. The lowest BCUT2D eigenvalue weighted by Crippen LogP contribution is -2.00. The third-order valence-corrected chi connectivity index (χ3v) is 2.31. The lowest BCUT2D eigenvalue weighted by atomic mass is 10.1. The van der Waals surface area contributed by atoms with E-state index in [1.165, 1.54) is 0 Å². The van der Waals surface area contributed by atoms with Crippen LogP contribution in [0.5, 0.6) is 0 Å². The van der Waals surface area contributed by atoms with E-state index in [-0.39, 0.29) is 5.56 Å². The first-order chi connectivity index (χ1) is 5.52. The van der Waals surface area contributed by atoms with Crippen molar-refractivity contribution in [2.75, 3.05) is 0 Å². The summed E-state index contributed by atoms with van der Waals surface area (Å²) in [5, 5.41) is 9.30. The Morgan fingerprint density at radius 2 is 2.17 bits per heavy atom. The number of benzene rings is 1. The second kappa shape index (κ2) is 3.46. The lowest BCUT2D eigenvalue weighted by Gasteiger charge is -2.03. The Balaban J connectivity index is 3.38. The van der Waals surface area contributed by atoms with E-state index in [0.29, 0.717) is 15.1 Å². The topological polar surface area (TPSA) is 37.3 Å². The van der Waals surface area contributed by atoms with E-state index < -0.39 is 5.97 Å².